The van der Waals surface area contributed by atoms with Crippen LogP contribution in [0.2, 0.25) is 0 Å². The second-order valence-corrected chi connectivity index (χ2v) is 2.07. The van der Waals surface area contributed by atoms with E-state index in [0.717, 1.165) is 6.07 Å². The van der Waals surface area contributed by atoms with E-state index in [4.69, 9.17) is 0 Å². The molecule has 0 radical (unpaired) electrons. The van der Waals surface area contributed by atoms with Crippen molar-refractivity contribution in [3.05, 3.63) is 33.9 Å². The van der Waals surface area contributed by atoms with Crippen molar-refractivity contribution in [2.45, 2.75) is 0 Å². The Morgan fingerprint density at radius 2 is 2.00 bits per heavy atom. The van der Waals surface area contributed by atoms with Gasteiger partial charge < -0.3 is 5.11 Å². The van der Waals surface area contributed by atoms with Gasteiger partial charge in [-0.1, -0.05) is 12.1 Å². The molecule has 0 N–H and O–H groups in total. The maximum atomic E-state index is 11.0. The molecule has 1 aromatic rings. The number of rotatable bonds is 2. The Labute approximate surface area is 95.8 Å². The van der Waals surface area contributed by atoms with Crippen molar-refractivity contribution in [3.8, 4) is 5.75 Å². The first-order chi connectivity index (χ1) is 5.66. The van der Waals surface area contributed by atoms with E-state index in [0.29, 0.717) is 6.29 Å². The molecule has 13 heavy (non-hydrogen) atoms. The molecule has 0 amide bonds. The van der Waals surface area contributed by atoms with Gasteiger partial charge in [-0.15, -0.1) is 0 Å². The number of hydrogen-bond acceptors (Lipinski definition) is 4. The molecule has 0 spiro atoms. The minimum absolute atomic E-state index is 0. The predicted molar refractivity (Wildman–Crippen MR) is 37.9 cm³/mol. The molecule has 6 heteroatoms. The molecule has 0 saturated carbocycles. The van der Waals surface area contributed by atoms with Gasteiger partial charge in [0.25, 0.3) is 5.69 Å². The average Bonchev–Trinajstić information content (AvgIpc) is 2.04. The third kappa shape index (κ3) is 2.51. The summed E-state index contributed by atoms with van der Waals surface area (Å²) in [5.74, 6) is -0.836. The van der Waals surface area contributed by atoms with Crippen LogP contribution in [-0.4, -0.2) is 11.2 Å². The van der Waals surface area contributed by atoms with Crippen LogP contribution in [0.4, 0.5) is 5.69 Å². The molecule has 0 aliphatic heterocycles. The Balaban J connectivity index is 0.00000144. The van der Waals surface area contributed by atoms with Gasteiger partial charge in [-0.05, 0) is 5.75 Å². The molecule has 0 aliphatic rings. The van der Waals surface area contributed by atoms with E-state index in [2.05, 4.69) is 0 Å². The molecular formula is C7H4NNaO4. The van der Waals surface area contributed by atoms with Crippen molar-refractivity contribution in [2.75, 3.05) is 0 Å². The number of nitrogens with zero attached hydrogens (tertiary/aromatic N) is 1. The smallest absolute Gasteiger partial charge is 0.867 e. The number of hydrogen-bond donors (Lipinski definition) is 0. The quantitative estimate of drug-likeness (QED) is 0.222. The van der Waals surface area contributed by atoms with Gasteiger partial charge in [0.15, 0.2) is 0 Å². The Morgan fingerprint density at radius 3 is 2.46 bits per heavy atom. The van der Waals surface area contributed by atoms with Crippen LogP contribution in [0.1, 0.15) is 10.4 Å². The molecule has 62 valence electrons. The fraction of sp³-hybridized carbons (Fsp3) is 0. The van der Waals surface area contributed by atoms with Gasteiger partial charge in [-0.2, -0.15) is 0 Å². The van der Waals surface area contributed by atoms with Crippen LogP contribution >= 0.6 is 0 Å². The average molecular weight is 189 g/mol. The Bertz CT molecular complexity index is 339. The largest absolute Gasteiger partial charge is 1.00 e. The summed E-state index contributed by atoms with van der Waals surface area (Å²) in [7, 11) is 0. The number of carbonyl (C=O) groups is 1. The zero-order valence-electron chi connectivity index (χ0n) is 6.89. The summed E-state index contributed by atoms with van der Waals surface area (Å²) in [6.45, 7) is 0. The topological polar surface area (TPSA) is 83.3 Å². The van der Waals surface area contributed by atoms with E-state index in [1.54, 1.807) is 0 Å². The van der Waals surface area contributed by atoms with E-state index >= 15 is 0 Å². The van der Waals surface area contributed by atoms with E-state index in [-0.39, 0.29) is 35.1 Å². The van der Waals surface area contributed by atoms with Gasteiger partial charge in [-0.3, -0.25) is 14.9 Å². The number of para-hydroxylation sites is 1. The molecule has 0 atom stereocenters. The normalized spacial score (nSPS) is 8.62. The van der Waals surface area contributed by atoms with Crippen molar-refractivity contribution in [3.63, 3.8) is 0 Å². The minimum Gasteiger partial charge on any atom is -0.867 e. The SMILES string of the molecule is O=Cc1cccc([N+](=O)[O-])c1[O-].[Na+]. The number of carbonyl (C=O) groups excluding carboxylic acids is 1. The molecular weight excluding hydrogens is 185 g/mol. The van der Waals surface area contributed by atoms with Gasteiger partial charge in [0.05, 0.1) is 4.92 Å². The van der Waals surface area contributed by atoms with Crippen LogP contribution in [0.15, 0.2) is 18.2 Å². The van der Waals surface area contributed by atoms with Crippen molar-refractivity contribution in [1.29, 1.82) is 0 Å². The zero-order chi connectivity index (χ0) is 9.14. The monoisotopic (exact) mass is 189 g/mol. The second-order valence-electron chi connectivity index (χ2n) is 2.07. The Morgan fingerprint density at radius 1 is 1.38 bits per heavy atom. The molecule has 0 bridgehead atoms. The maximum Gasteiger partial charge on any atom is 1.00 e. The van der Waals surface area contributed by atoms with Crippen LogP contribution < -0.4 is 34.7 Å². The summed E-state index contributed by atoms with van der Waals surface area (Å²) >= 11 is 0. The Hall–Kier alpha value is -0.910. The molecule has 0 aliphatic carbocycles. The molecule has 0 fully saturated rings. The summed E-state index contributed by atoms with van der Waals surface area (Å²) in [6.07, 6.45) is 0.301. The molecule has 0 saturated heterocycles. The second kappa shape index (κ2) is 4.96. The van der Waals surface area contributed by atoms with Gasteiger partial charge >= 0.3 is 29.6 Å². The maximum absolute atomic E-state index is 11.0. The summed E-state index contributed by atoms with van der Waals surface area (Å²) in [5, 5.41) is 21.1. The van der Waals surface area contributed by atoms with Crippen LogP contribution in [0.25, 0.3) is 0 Å². The number of benzene rings is 1. The van der Waals surface area contributed by atoms with E-state index in [1.807, 2.05) is 0 Å². The van der Waals surface area contributed by atoms with Gasteiger partial charge in [0.2, 0.25) is 0 Å². The number of nitro benzene ring substituents is 1. The van der Waals surface area contributed by atoms with Gasteiger partial charge in [0.1, 0.15) is 6.29 Å². The van der Waals surface area contributed by atoms with E-state index in [9.17, 15) is 20.0 Å². The van der Waals surface area contributed by atoms with Crippen LogP contribution in [-0.2, 0) is 0 Å². The molecule has 1 rings (SSSR count). The van der Waals surface area contributed by atoms with Crippen LogP contribution in [0.5, 0.6) is 5.75 Å². The fourth-order valence-corrected chi connectivity index (χ4v) is 0.779. The summed E-state index contributed by atoms with van der Waals surface area (Å²) < 4.78 is 0. The number of aldehydes is 1. The first-order valence-corrected chi connectivity index (χ1v) is 3.06. The predicted octanol–water partition coefficient (Wildman–Crippen LogP) is -2.52. The summed E-state index contributed by atoms with van der Waals surface area (Å²) in [4.78, 5) is 19.5. The molecule has 0 heterocycles. The van der Waals surface area contributed by atoms with E-state index in [1.165, 1.54) is 12.1 Å². The fourth-order valence-electron chi connectivity index (χ4n) is 0.779. The number of nitro groups is 1. The van der Waals surface area contributed by atoms with Crippen LogP contribution in [0, 0.1) is 10.1 Å². The molecule has 1 aromatic carbocycles. The first-order valence-electron chi connectivity index (χ1n) is 3.06. The summed E-state index contributed by atoms with van der Waals surface area (Å²) in [6, 6.07) is 3.60. The van der Waals surface area contributed by atoms with Crippen molar-refractivity contribution in [2.24, 2.45) is 0 Å². The third-order valence-electron chi connectivity index (χ3n) is 1.35. The van der Waals surface area contributed by atoms with Gasteiger partial charge in [-0.25, -0.2) is 0 Å². The van der Waals surface area contributed by atoms with Gasteiger partial charge in [0, 0.05) is 11.6 Å². The summed E-state index contributed by atoms with van der Waals surface area (Å²) in [5.41, 5.74) is -0.760. The first kappa shape index (κ1) is 12.1. The minimum atomic E-state index is -0.836. The zero-order valence-corrected chi connectivity index (χ0v) is 8.89. The third-order valence-corrected chi connectivity index (χ3v) is 1.35. The molecule has 5 nitrogen and oxygen atoms in total. The van der Waals surface area contributed by atoms with E-state index < -0.39 is 16.4 Å². The van der Waals surface area contributed by atoms with Crippen molar-refractivity contribution >= 4 is 12.0 Å². The molecule has 0 aromatic heterocycles. The Kier molecular flexibility index (Phi) is 4.61. The van der Waals surface area contributed by atoms with Crippen molar-refractivity contribution < 1.29 is 44.4 Å². The van der Waals surface area contributed by atoms with Crippen LogP contribution in [0.3, 0.4) is 0 Å². The standard InChI is InChI=1S/C7H5NO4.Na/c9-4-5-2-1-3-6(7(5)10)8(11)12;/h1-4,10H;/q;+1/p-1. The van der Waals surface area contributed by atoms with Crippen molar-refractivity contribution in [1.82, 2.24) is 0 Å². The molecule has 0 unspecified atom stereocenters.